The molecule has 6 nitrogen and oxygen atoms in total. The van der Waals surface area contributed by atoms with Gasteiger partial charge in [-0.3, -0.25) is 10.1 Å². The zero-order valence-electron chi connectivity index (χ0n) is 11.7. The molecule has 0 saturated carbocycles. The van der Waals surface area contributed by atoms with Gasteiger partial charge in [-0.15, -0.1) is 5.10 Å². The Balaban J connectivity index is 2.14. The molecular formula is C14H20N4O2. The van der Waals surface area contributed by atoms with Crippen LogP contribution in [-0.2, 0) is 0 Å². The van der Waals surface area contributed by atoms with E-state index in [0.29, 0.717) is 0 Å². The molecule has 1 heterocycles. The Morgan fingerprint density at radius 1 is 1.30 bits per heavy atom. The van der Waals surface area contributed by atoms with Gasteiger partial charge in [0.25, 0.3) is 0 Å². The molecule has 0 aliphatic heterocycles. The predicted octanol–water partition coefficient (Wildman–Crippen LogP) is 3.22. The van der Waals surface area contributed by atoms with E-state index in [1.807, 2.05) is 24.3 Å². The molecule has 0 spiro atoms. The van der Waals surface area contributed by atoms with Crippen LogP contribution >= 0.6 is 0 Å². The average molecular weight is 276 g/mol. The van der Waals surface area contributed by atoms with Crippen molar-refractivity contribution in [2.24, 2.45) is 0 Å². The van der Waals surface area contributed by atoms with Crippen LogP contribution in [0.2, 0.25) is 0 Å². The van der Waals surface area contributed by atoms with Crippen molar-refractivity contribution in [1.29, 1.82) is 0 Å². The van der Waals surface area contributed by atoms with Crippen molar-refractivity contribution >= 4 is 11.0 Å². The summed E-state index contributed by atoms with van der Waals surface area (Å²) in [5.41, 5.74) is 1.66. The van der Waals surface area contributed by atoms with Gasteiger partial charge in [-0.25, -0.2) is 4.68 Å². The van der Waals surface area contributed by atoms with Crippen molar-refractivity contribution in [3.8, 4) is 0 Å². The van der Waals surface area contributed by atoms with E-state index < -0.39 is 0 Å². The number of hydrogen-bond donors (Lipinski definition) is 0. The molecule has 0 fully saturated rings. The third-order valence-electron chi connectivity index (χ3n) is 3.47. The van der Waals surface area contributed by atoms with Gasteiger partial charge < -0.3 is 0 Å². The smallest absolute Gasteiger partial charge is 0.226 e. The third kappa shape index (κ3) is 3.53. The number of unbranched alkanes of at least 4 members (excludes halogenated alkanes) is 3. The maximum Gasteiger partial charge on any atom is 0.226 e. The van der Waals surface area contributed by atoms with Gasteiger partial charge in [0.2, 0.25) is 6.54 Å². The molecule has 0 amide bonds. The fraction of sp³-hybridized carbons (Fsp3) is 0.571. The van der Waals surface area contributed by atoms with Gasteiger partial charge in [-0.05, 0) is 18.6 Å². The van der Waals surface area contributed by atoms with E-state index in [1.165, 1.54) is 6.42 Å². The van der Waals surface area contributed by atoms with Gasteiger partial charge >= 0.3 is 0 Å². The van der Waals surface area contributed by atoms with E-state index in [0.717, 1.165) is 36.7 Å². The summed E-state index contributed by atoms with van der Waals surface area (Å²) >= 11 is 0. The molecule has 0 radical (unpaired) electrons. The summed E-state index contributed by atoms with van der Waals surface area (Å²) in [4.78, 5) is 10.6. The molecular weight excluding hydrogens is 256 g/mol. The van der Waals surface area contributed by atoms with Gasteiger partial charge in [-0.2, -0.15) is 0 Å². The van der Waals surface area contributed by atoms with Crippen LogP contribution < -0.4 is 0 Å². The van der Waals surface area contributed by atoms with E-state index in [4.69, 9.17) is 0 Å². The van der Waals surface area contributed by atoms with E-state index in [1.54, 1.807) is 4.68 Å². The normalized spacial score (nSPS) is 12.7. The topological polar surface area (TPSA) is 73.8 Å². The summed E-state index contributed by atoms with van der Waals surface area (Å²) in [7, 11) is 0. The van der Waals surface area contributed by atoms with Crippen LogP contribution in [0.1, 0.15) is 45.1 Å². The molecule has 0 saturated heterocycles. The van der Waals surface area contributed by atoms with Crippen molar-refractivity contribution in [2.45, 2.75) is 45.1 Å². The molecule has 2 aromatic rings. The van der Waals surface area contributed by atoms with Crippen LogP contribution in [0.3, 0.4) is 0 Å². The van der Waals surface area contributed by atoms with Crippen LogP contribution in [0.4, 0.5) is 0 Å². The summed E-state index contributed by atoms with van der Waals surface area (Å²) in [5, 5.41) is 19.1. The van der Waals surface area contributed by atoms with E-state index in [9.17, 15) is 10.1 Å². The molecule has 0 aliphatic carbocycles. The summed E-state index contributed by atoms with van der Waals surface area (Å²) in [6.07, 6.45) is 5.20. The molecule has 1 unspecified atom stereocenters. The number of fused-ring (bicyclic) bond motifs is 1. The lowest BCUT2D eigenvalue weighted by Crippen LogP contribution is -2.20. The molecule has 2 rings (SSSR count). The first kappa shape index (κ1) is 14.4. The maximum atomic E-state index is 10.9. The molecule has 20 heavy (non-hydrogen) atoms. The van der Waals surface area contributed by atoms with Gasteiger partial charge in [0, 0.05) is 4.92 Å². The van der Waals surface area contributed by atoms with Crippen LogP contribution in [0.25, 0.3) is 11.0 Å². The molecule has 108 valence electrons. The Bertz CT molecular complexity index is 567. The number of nitro groups is 1. The third-order valence-corrected chi connectivity index (χ3v) is 3.47. The number of aromatic nitrogens is 3. The number of hydrogen-bond acceptors (Lipinski definition) is 4. The number of rotatable bonds is 8. The van der Waals surface area contributed by atoms with Crippen LogP contribution in [0.15, 0.2) is 24.3 Å². The average Bonchev–Trinajstić information content (AvgIpc) is 2.86. The second kappa shape index (κ2) is 6.98. The minimum Gasteiger partial charge on any atom is -0.264 e. The fourth-order valence-corrected chi connectivity index (χ4v) is 2.43. The highest BCUT2D eigenvalue weighted by molar-refractivity contribution is 5.73. The second-order valence-corrected chi connectivity index (χ2v) is 5.04. The van der Waals surface area contributed by atoms with E-state index in [2.05, 4.69) is 17.2 Å². The Kier molecular flexibility index (Phi) is 5.03. The van der Waals surface area contributed by atoms with Gasteiger partial charge in [0.1, 0.15) is 11.6 Å². The zero-order valence-corrected chi connectivity index (χ0v) is 11.7. The lowest BCUT2D eigenvalue weighted by molar-refractivity contribution is -0.486. The SMILES string of the molecule is CCCCCCC(C[N+](=O)[O-])n1nnc2ccccc21. The minimum atomic E-state index is -0.263. The van der Waals surface area contributed by atoms with Crippen LogP contribution in [0.5, 0.6) is 0 Å². The first-order valence-electron chi connectivity index (χ1n) is 7.14. The van der Waals surface area contributed by atoms with Gasteiger partial charge in [-0.1, -0.05) is 50.0 Å². The highest BCUT2D eigenvalue weighted by Crippen LogP contribution is 2.21. The first-order valence-corrected chi connectivity index (χ1v) is 7.14. The Labute approximate surface area is 117 Å². The van der Waals surface area contributed by atoms with Gasteiger partial charge in [0.15, 0.2) is 0 Å². The molecule has 0 bridgehead atoms. The van der Waals surface area contributed by atoms with Crippen molar-refractivity contribution in [3.63, 3.8) is 0 Å². The molecule has 1 aromatic carbocycles. The van der Waals surface area contributed by atoms with Crippen LogP contribution in [0, 0.1) is 10.1 Å². The summed E-state index contributed by atoms with van der Waals surface area (Å²) in [6, 6.07) is 7.37. The lowest BCUT2D eigenvalue weighted by atomic mass is 10.1. The number of nitrogens with zero attached hydrogens (tertiary/aromatic N) is 4. The first-order chi connectivity index (χ1) is 9.72. The van der Waals surface area contributed by atoms with Crippen molar-refractivity contribution in [3.05, 3.63) is 34.4 Å². The van der Waals surface area contributed by atoms with E-state index in [-0.39, 0.29) is 17.5 Å². The van der Waals surface area contributed by atoms with Crippen molar-refractivity contribution in [1.82, 2.24) is 15.0 Å². The zero-order chi connectivity index (χ0) is 14.4. The molecule has 1 aromatic heterocycles. The number of benzene rings is 1. The largest absolute Gasteiger partial charge is 0.264 e. The molecule has 0 aliphatic rings. The number of para-hydroxylation sites is 1. The molecule has 6 heteroatoms. The quantitative estimate of drug-likeness (QED) is 0.421. The molecule has 1 atom stereocenters. The Morgan fingerprint density at radius 3 is 2.85 bits per heavy atom. The second-order valence-electron chi connectivity index (χ2n) is 5.04. The highest BCUT2D eigenvalue weighted by atomic mass is 16.6. The fourth-order valence-electron chi connectivity index (χ4n) is 2.43. The van der Waals surface area contributed by atoms with E-state index >= 15 is 0 Å². The van der Waals surface area contributed by atoms with Crippen LogP contribution in [-0.4, -0.2) is 26.5 Å². The van der Waals surface area contributed by atoms with Gasteiger partial charge in [0.05, 0.1) is 5.52 Å². The lowest BCUT2D eigenvalue weighted by Gasteiger charge is -2.13. The molecule has 0 N–H and O–H groups in total. The summed E-state index contributed by atoms with van der Waals surface area (Å²) in [6.45, 7) is 2.05. The van der Waals surface area contributed by atoms with Crippen molar-refractivity contribution in [2.75, 3.05) is 6.54 Å². The standard InChI is InChI=1S/C14H20N4O2/c1-2-3-4-5-8-12(11-17(19)20)18-14-10-7-6-9-13(14)15-16-18/h6-7,9-10,12H,2-5,8,11H2,1H3. The summed E-state index contributed by atoms with van der Waals surface area (Å²) in [5.74, 6) is 0. The highest BCUT2D eigenvalue weighted by Gasteiger charge is 2.20. The Hall–Kier alpha value is -1.98. The minimum absolute atomic E-state index is 0.0977. The maximum absolute atomic E-state index is 10.9. The predicted molar refractivity (Wildman–Crippen MR) is 77.2 cm³/mol. The summed E-state index contributed by atoms with van der Waals surface area (Å²) < 4.78 is 1.71. The monoisotopic (exact) mass is 276 g/mol. The van der Waals surface area contributed by atoms with Crippen molar-refractivity contribution < 1.29 is 4.92 Å². The Morgan fingerprint density at radius 2 is 2.10 bits per heavy atom.